The Balaban J connectivity index is 1.95. The molecule has 2 heterocycles. The number of ether oxygens (including phenoxy) is 1. The molecule has 1 aliphatic rings. The van der Waals surface area contributed by atoms with Crippen LogP contribution in [0.25, 0.3) is 5.65 Å². The van der Waals surface area contributed by atoms with Gasteiger partial charge in [-0.05, 0) is 12.8 Å². The van der Waals surface area contributed by atoms with Crippen molar-refractivity contribution in [3.63, 3.8) is 0 Å². The Labute approximate surface area is 105 Å². The number of alkyl halides is 1. The molecule has 2 atom stereocenters. The van der Waals surface area contributed by atoms with Crippen molar-refractivity contribution in [3.8, 4) is 0 Å². The van der Waals surface area contributed by atoms with Crippen molar-refractivity contribution in [2.75, 3.05) is 0 Å². The highest BCUT2D eigenvalue weighted by Gasteiger charge is 2.35. The van der Waals surface area contributed by atoms with Crippen molar-refractivity contribution in [2.45, 2.75) is 25.1 Å². The van der Waals surface area contributed by atoms with Crippen LogP contribution in [0.3, 0.4) is 0 Å². The number of hydrogen-bond acceptors (Lipinski definition) is 6. The summed E-state index contributed by atoms with van der Waals surface area (Å²) < 4.78 is 20.1. The van der Waals surface area contributed by atoms with Crippen LogP contribution in [0.5, 0.6) is 0 Å². The first kappa shape index (κ1) is 11.8. The lowest BCUT2D eigenvalue weighted by atomic mass is 9.93. The Morgan fingerprint density at radius 1 is 1.53 bits per heavy atom. The molecule has 0 saturated heterocycles. The number of rotatable bonds is 2. The number of esters is 1. The van der Waals surface area contributed by atoms with E-state index in [1.54, 1.807) is 0 Å². The van der Waals surface area contributed by atoms with Gasteiger partial charge in [0.25, 0.3) is 0 Å². The predicted molar refractivity (Wildman–Crippen MR) is 59.4 cm³/mol. The molecule has 0 aliphatic heterocycles. The first-order valence-corrected chi connectivity index (χ1v) is 5.70. The number of nitrogens with zero attached hydrogens (tertiary/aromatic N) is 5. The molecule has 0 bridgehead atoms. The molecule has 0 aromatic carbocycles. The molecule has 1 saturated carbocycles. The highest BCUT2D eigenvalue weighted by molar-refractivity contribution is 5.93. The van der Waals surface area contributed by atoms with Crippen LogP contribution in [0.1, 0.15) is 23.3 Å². The molecule has 8 nitrogen and oxygen atoms in total. The second-order valence-corrected chi connectivity index (χ2v) is 4.32. The molecule has 100 valence electrons. The Kier molecular flexibility index (Phi) is 2.54. The van der Waals surface area contributed by atoms with E-state index in [9.17, 15) is 14.0 Å². The highest BCUT2D eigenvalue weighted by Crippen LogP contribution is 2.27. The zero-order valence-electron chi connectivity index (χ0n) is 9.99. The van der Waals surface area contributed by atoms with Gasteiger partial charge in [0.2, 0.25) is 0 Å². The fourth-order valence-corrected chi connectivity index (χ4v) is 1.78. The lowest BCUT2D eigenvalue weighted by Gasteiger charge is -2.29. The van der Waals surface area contributed by atoms with Gasteiger partial charge in [0, 0.05) is 7.05 Å². The van der Waals surface area contributed by atoms with Crippen LogP contribution in [0, 0.1) is 0 Å². The van der Waals surface area contributed by atoms with Crippen LogP contribution in [0.4, 0.5) is 4.39 Å². The van der Waals surface area contributed by atoms with Gasteiger partial charge in [-0.15, -0.1) is 5.10 Å². The number of halogens is 1. The van der Waals surface area contributed by atoms with Gasteiger partial charge < -0.3 is 4.74 Å². The third-order valence-corrected chi connectivity index (χ3v) is 3.08. The van der Waals surface area contributed by atoms with E-state index in [1.165, 1.54) is 7.05 Å². The van der Waals surface area contributed by atoms with Gasteiger partial charge in [0.1, 0.15) is 18.6 Å². The molecule has 2 aromatic heterocycles. The minimum Gasteiger partial charge on any atom is -0.454 e. The Bertz CT molecular complexity index is 709. The molecule has 19 heavy (non-hydrogen) atoms. The topological polar surface area (TPSA) is 91.4 Å². The molecular weight excluding hydrogens is 257 g/mol. The summed E-state index contributed by atoms with van der Waals surface area (Å²) >= 11 is 0. The standard InChI is InChI=1S/C10H10FN5O3/c1-15-10(18)16-4-12-7(8(16)13-14-15)9(17)19-6-3-2-5(6)11/h4-6H,2-3H2,1H3. The average Bonchev–Trinajstić information content (AvgIpc) is 2.83. The number of aryl methyl sites for hydroxylation is 1. The van der Waals surface area contributed by atoms with E-state index in [0.717, 1.165) is 15.4 Å². The first-order valence-electron chi connectivity index (χ1n) is 5.70. The maximum atomic E-state index is 13.0. The summed E-state index contributed by atoms with van der Waals surface area (Å²) in [6, 6.07) is 0. The van der Waals surface area contributed by atoms with E-state index in [2.05, 4.69) is 15.3 Å². The van der Waals surface area contributed by atoms with Crippen LogP contribution in [0.2, 0.25) is 0 Å². The third-order valence-electron chi connectivity index (χ3n) is 3.08. The van der Waals surface area contributed by atoms with Crippen LogP contribution < -0.4 is 5.69 Å². The van der Waals surface area contributed by atoms with E-state index in [4.69, 9.17) is 4.74 Å². The summed E-state index contributed by atoms with van der Waals surface area (Å²) in [4.78, 5) is 27.3. The number of hydrogen-bond donors (Lipinski definition) is 0. The van der Waals surface area contributed by atoms with E-state index < -0.39 is 23.9 Å². The zero-order valence-corrected chi connectivity index (χ0v) is 9.99. The number of carbonyl (C=O) groups is 1. The fourth-order valence-electron chi connectivity index (χ4n) is 1.78. The maximum Gasteiger partial charge on any atom is 0.361 e. The van der Waals surface area contributed by atoms with Crippen LogP contribution in [-0.2, 0) is 11.8 Å². The number of imidazole rings is 1. The van der Waals surface area contributed by atoms with E-state index >= 15 is 0 Å². The van der Waals surface area contributed by atoms with Gasteiger partial charge in [0.15, 0.2) is 11.3 Å². The lowest BCUT2D eigenvalue weighted by molar-refractivity contribution is -0.0345. The number of carbonyl (C=O) groups excluding carboxylic acids is 1. The average molecular weight is 267 g/mol. The van der Waals surface area contributed by atoms with E-state index in [0.29, 0.717) is 12.8 Å². The minimum absolute atomic E-state index is 0.00262. The normalized spacial score (nSPS) is 22.2. The van der Waals surface area contributed by atoms with E-state index in [-0.39, 0.29) is 11.3 Å². The molecule has 2 unspecified atom stereocenters. The van der Waals surface area contributed by atoms with Gasteiger partial charge in [-0.3, -0.25) is 0 Å². The molecular formula is C10H10FN5O3. The number of aromatic nitrogens is 5. The maximum absolute atomic E-state index is 13.0. The Morgan fingerprint density at radius 2 is 2.32 bits per heavy atom. The van der Waals surface area contributed by atoms with Gasteiger partial charge in [-0.2, -0.15) is 4.68 Å². The summed E-state index contributed by atoms with van der Waals surface area (Å²) in [7, 11) is 1.43. The lowest BCUT2D eigenvalue weighted by Crippen LogP contribution is -2.37. The van der Waals surface area contributed by atoms with Gasteiger partial charge >= 0.3 is 11.7 Å². The van der Waals surface area contributed by atoms with Gasteiger partial charge in [0.05, 0.1) is 0 Å². The molecule has 0 radical (unpaired) electrons. The Morgan fingerprint density at radius 3 is 2.95 bits per heavy atom. The third kappa shape index (κ3) is 1.77. The van der Waals surface area contributed by atoms with Gasteiger partial charge in [-0.25, -0.2) is 23.4 Å². The molecule has 0 spiro atoms. The number of fused-ring (bicyclic) bond motifs is 1. The molecule has 1 fully saturated rings. The van der Waals surface area contributed by atoms with Crippen LogP contribution >= 0.6 is 0 Å². The van der Waals surface area contributed by atoms with Crippen molar-refractivity contribution >= 4 is 11.6 Å². The fraction of sp³-hybridized carbons (Fsp3) is 0.500. The summed E-state index contributed by atoms with van der Waals surface area (Å²) in [5.74, 6) is -0.794. The van der Waals surface area contributed by atoms with Gasteiger partial charge in [-0.1, -0.05) is 5.21 Å². The Hall–Kier alpha value is -2.32. The largest absolute Gasteiger partial charge is 0.454 e. The predicted octanol–water partition coefficient (Wildman–Crippen LogP) is -0.520. The molecule has 2 aromatic rings. The minimum atomic E-state index is -1.13. The van der Waals surface area contributed by atoms with Crippen LogP contribution in [0.15, 0.2) is 11.1 Å². The van der Waals surface area contributed by atoms with E-state index in [1.807, 2.05) is 0 Å². The SMILES string of the molecule is Cn1nnc2c(C(=O)OC3CCC3F)ncn2c1=O. The van der Waals surface area contributed by atoms with Crippen molar-refractivity contribution in [1.82, 2.24) is 24.4 Å². The quantitative estimate of drug-likeness (QED) is 0.680. The van der Waals surface area contributed by atoms with Crippen molar-refractivity contribution in [3.05, 3.63) is 22.5 Å². The summed E-state index contributed by atoms with van der Waals surface area (Å²) in [6.45, 7) is 0. The summed E-state index contributed by atoms with van der Waals surface area (Å²) in [6.07, 6.45) is 0.186. The zero-order chi connectivity index (χ0) is 13.6. The summed E-state index contributed by atoms with van der Waals surface area (Å²) in [5, 5.41) is 7.27. The summed E-state index contributed by atoms with van der Waals surface area (Å²) in [5.41, 5.74) is -0.615. The van der Waals surface area contributed by atoms with Crippen molar-refractivity contribution in [2.24, 2.45) is 7.05 Å². The molecule has 0 N–H and O–H groups in total. The molecule has 3 rings (SSSR count). The molecule has 0 amide bonds. The second-order valence-electron chi connectivity index (χ2n) is 4.32. The monoisotopic (exact) mass is 267 g/mol. The molecule has 9 heteroatoms. The van der Waals surface area contributed by atoms with Crippen LogP contribution in [-0.4, -0.2) is 42.6 Å². The first-order chi connectivity index (χ1) is 9.08. The highest BCUT2D eigenvalue weighted by atomic mass is 19.1. The van der Waals surface area contributed by atoms with Crippen molar-refractivity contribution < 1.29 is 13.9 Å². The van der Waals surface area contributed by atoms with Crippen molar-refractivity contribution in [1.29, 1.82) is 0 Å². The smallest absolute Gasteiger partial charge is 0.361 e. The second kappa shape index (κ2) is 4.11. The molecule has 1 aliphatic carbocycles.